The normalized spacial score (nSPS) is 14.8. The van der Waals surface area contributed by atoms with Crippen molar-refractivity contribution in [3.05, 3.63) is 65.4 Å². The van der Waals surface area contributed by atoms with Crippen LogP contribution in [0.1, 0.15) is 18.9 Å². The number of carbonyl (C=O) groups is 2. The molecule has 3 N–H and O–H groups in total. The summed E-state index contributed by atoms with van der Waals surface area (Å²) in [5.41, 5.74) is 2.19. The van der Waals surface area contributed by atoms with Crippen LogP contribution in [0.2, 0.25) is 0 Å². The average Bonchev–Trinajstić information content (AvgIpc) is 2.61. The van der Waals surface area contributed by atoms with E-state index in [4.69, 9.17) is 4.74 Å². The topological polar surface area (TPSA) is 87.7 Å². The number of carboxylic acids is 1. The lowest BCUT2D eigenvalue weighted by atomic mass is 10.1. The van der Waals surface area contributed by atoms with E-state index >= 15 is 0 Å². The van der Waals surface area contributed by atoms with Gasteiger partial charge in [0.15, 0.2) is 0 Å². The lowest BCUT2D eigenvalue weighted by Gasteiger charge is -2.24. The van der Waals surface area contributed by atoms with Gasteiger partial charge in [-0.2, -0.15) is 0 Å². The fourth-order valence-electron chi connectivity index (χ4n) is 2.63. The van der Waals surface area contributed by atoms with E-state index in [-0.39, 0.29) is 17.7 Å². The van der Waals surface area contributed by atoms with Crippen molar-refractivity contribution in [1.29, 1.82) is 0 Å². The highest BCUT2D eigenvalue weighted by molar-refractivity contribution is 6.15. The summed E-state index contributed by atoms with van der Waals surface area (Å²) in [6.45, 7) is 2.06. The standard InChI is InChI=1S/C19H18N2O4/c1-2-13(19(23)24)16-18(22)20-14-9-6-10-15(17(14)21-16)25-11-12-7-4-3-5-8-12/h3-10,21H,2,11H2,1H3,(H,20,22)(H,23,24)/b16-13-. The van der Waals surface area contributed by atoms with Crippen LogP contribution in [0.3, 0.4) is 0 Å². The number of nitrogens with one attached hydrogen (secondary N) is 2. The first-order chi connectivity index (χ1) is 12.1. The minimum atomic E-state index is -1.12. The van der Waals surface area contributed by atoms with Gasteiger partial charge in [-0.1, -0.05) is 43.3 Å². The zero-order chi connectivity index (χ0) is 17.8. The molecule has 0 aliphatic carbocycles. The number of ether oxygens (including phenoxy) is 1. The van der Waals surface area contributed by atoms with Gasteiger partial charge in [-0.25, -0.2) is 4.79 Å². The van der Waals surface area contributed by atoms with Gasteiger partial charge in [0.2, 0.25) is 0 Å². The van der Waals surface area contributed by atoms with Crippen molar-refractivity contribution in [1.82, 2.24) is 0 Å². The molecule has 0 saturated heterocycles. The Morgan fingerprint density at radius 3 is 2.52 bits per heavy atom. The molecule has 2 aromatic rings. The number of carboxylic acid groups (broad SMARTS) is 1. The number of benzene rings is 2. The van der Waals surface area contributed by atoms with Crippen LogP contribution in [-0.2, 0) is 16.2 Å². The van der Waals surface area contributed by atoms with Gasteiger partial charge >= 0.3 is 5.97 Å². The SMILES string of the molecule is CC/C(C(=O)O)=C1/Nc2c(cccc2OCc2ccccc2)NC1=O. The maximum atomic E-state index is 12.2. The van der Waals surface area contributed by atoms with Gasteiger partial charge in [0.05, 0.1) is 11.3 Å². The van der Waals surface area contributed by atoms with Crippen molar-refractivity contribution >= 4 is 23.3 Å². The number of hydrogen-bond donors (Lipinski definition) is 3. The molecule has 6 nitrogen and oxygen atoms in total. The molecular weight excluding hydrogens is 320 g/mol. The summed E-state index contributed by atoms with van der Waals surface area (Å²) < 4.78 is 5.86. The van der Waals surface area contributed by atoms with Crippen LogP contribution in [0.15, 0.2) is 59.8 Å². The van der Waals surface area contributed by atoms with Crippen LogP contribution >= 0.6 is 0 Å². The molecule has 0 saturated carbocycles. The van der Waals surface area contributed by atoms with E-state index < -0.39 is 11.9 Å². The lowest BCUT2D eigenvalue weighted by molar-refractivity contribution is -0.133. The molecule has 1 amide bonds. The van der Waals surface area contributed by atoms with Crippen LogP contribution in [0.4, 0.5) is 11.4 Å². The Balaban J connectivity index is 1.92. The second-order valence-electron chi connectivity index (χ2n) is 5.54. The third kappa shape index (κ3) is 3.47. The van der Waals surface area contributed by atoms with Crippen molar-refractivity contribution in [3.63, 3.8) is 0 Å². The van der Waals surface area contributed by atoms with E-state index in [1.807, 2.05) is 30.3 Å². The van der Waals surface area contributed by atoms with Gasteiger partial charge in [-0.3, -0.25) is 4.79 Å². The third-order valence-electron chi connectivity index (χ3n) is 3.90. The predicted octanol–water partition coefficient (Wildman–Crippen LogP) is 3.38. The number of amides is 1. The first-order valence-corrected chi connectivity index (χ1v) is 7.94. The zero-order valence-corrected chi connectivity index (χ0v) is 13.7. The van der Waals surface area contributed by atoms with Crippen molar-refractivity contribution in [2.75, 3.05) is 10.6 Å². The van der Waals surface area contributed by atoms with Crippen molar-refractivity contribution in [3.8, 4) is 5.75 Å². The smallest absolute Gasteiger partial charge is 0.333 e. The van der Waals surface area contributed by atoms with Gasteiger partial charge in [0.25, 0.3) is 5.91 Å². The number of rotatable bonds is 5. The number of aliphatic carboxylic acids is 1. The molecular formula is C19H18N2O4. The zero-order valence-electron chi connectivity index (χ0n) is 13.7. The van der Waals surface area contributed by atoms with E-state index in [0.717, 1.165) is 5.56 Å². The fraction of sp³-hybridized carbons (Fsp3) is 0.158. The Bertz CT molecular complexity index is 844. The largest absolute Gasteiger partial charge is 0.487 e. The van der Waals surface area contributed by atoms with E-state index in [1.165, 1.54) is 0 Å². The molecule has 3 rings (SSSR count). The monoisotopic (exact) mass is 338 g/mol. The highest BCUT2D eigenvalue weighted by atomic mass is 16.5. The van der Waals surface area contributed by atoms with Crippen molar-refractivity contribution in [2.24, 2.45) is 0 Å². The van der Waals surface area contributed by atoms with Crippen LogP contribution < -0.4 is 15.4 Å². The average molecular weight is 338 g/mol. The van der Waals surface area contributed by atoms with Crippen molar-refractivity contribution < 1.29 is 19.4 Å². The first kappa shape index (κ1) is 16.6. The Hall–Kier alpha value is -3.28. The minimum absolute atomic E-state index is 0.0287. The molecule has 25 heavy (non-hydrogen) atoms. The number of fused-ring (bicyclic) bond motifs is 1. The second kappa shape index (κ2) is 7.09. The van der Waals surface area contributed by atoms with Crippen LogP contribution in [0.25, 0.3) is 0 Å². The third-order valence-corrected chi connectivity index (χ3v) is 3.90. The maximum absolute atomic E-state index is 12.2. The van der Waals surface area contributed by atoms with Gasteiger partial charge in [0.1, 0.15) is 23.7 Å². The Morgan fingerprint density at radius 2 is 1.84 bits per heavy atom. The molecule has 0 atom stereocenters. The number of anilines is 2. The first-order valence-electron chi connectivity index (χ1n) is 7.94. The fourth-order valence-corrected chi connectivity index (χ4v) is 2.63. The molecule has 1 aliphatic heterocycles. The van der Waals surface area contributed by atoms with Gasteiger partial charge in [0, 0.05) is 0 Å². The highest BCUT2D eigenvalue weighted by Gasteiger charge is 2.27. The summed E-state index contributed by atoms with van der Waals surface area (Å²) in [4.78, 5) is 23.6. The van der Waals surface area contributed by atoms with E-state index in [2.05, 4.69) is 10.6 Å². The summed E-state index contributed by atoms with van der Waals surface area (Å²) in [6, 6.07) is 15.0. The van der Waals surface area contributed by atoms with Gasteiger partial charge in [-0.15, -0.1) is 0 Å². The number of hydrogen-bond acceptors (Lipinski definition) is 4. The summed E-state index contributed by atoms with van der Waals surface area (Å²) >= 11 is 0. The molecule has 1 aliphatic rings. The predicted molar refractivity (Wildman–Crippen MR) is 94.4 cm³/mol. The quantitative estimate of drug-likeness (QED) is 0.728. The highest BCUT2D eigenvalue weighted by Crippen LogP contribution is 2.38. The molecule has 0 spiro atoms. The molecule has 0 bridgehead atoms. The molecule has 0 aromatic heterocycles. The summed E-state index contributed by atoms with van der Waals surface area (Å²) in [5.74, 6) is -1.04. The molecule has 1 heterocycles. The Labute approximate surface area is 145 Å². The summed E-state index contributed by atoms with van der Waals surface area (Å²) in [5, 5.41) is 15.0. The molecule has 0 radical (unpaired) electrons. The molecule has 128 valence electrons. The van der Waals surface area contributed by atoms with Crippen LogP contribution in [-0.4, -0.2) is 17.0 Å². The minimum Gasteiger partial charge on any atom is -0.487 e. The Morgan fingerprint density at radius 1 is 1.08 bits per heavy atom. The summed E-state index contributed by atoms with van der Waals surface area (Å²) in [7, 11) is 0. The van der Waals surface area contributed by atoms with E-state index in [1.54, 1.807) is 25.1 Å². The van der Waals surface area contributed by atoms with Gasteiger partial charge in [-0.05, 0) is 24.1 Å². The molecule has 0 fully saturated rings. The molecule has 6 heteroatoms. The Kier molecular flexibility index (Phi) is 4.70. The maximum Gasteiger partial charge on any atom is 0.333 e. The van der Waals surface area contributed by atoms with E-state index in [9.17, 15) is 14.7 Å². The number of para-hydroxylation sites is 1. The van der Waals surface area contributed by atoms with E-state index in [0.29, 0.717) is 23.7 Å². The van der Waals surface area contributed by atoms with Gasteiger partial charge < -0.3 is 20.5 Å². The van der Waals surface area contributed by atoms with Crippen LogP contribution in [0, 0.1) is 0 Å². The van der Waals surface area contributed by atoms with Crippen LogP contribution in [0.5, 0.6) is 5.75 Å². The summed E-state index contributed by atoms with van der Waals surface area (Å²) in [6.07, 6.45) is 0.230. The second-order valence-corrected chi connectivity index (χ2v) is 5.54. The molecule has 0 unspecified atom stereocenters. The lowest BCUT2D eigenvalue weighted by Crippen LogP contribution is -2.29. The molecule has 2 aromatic carbocycles. The number of carbonyl (C=O) groups excluding carboxylic acids is 1. The van der Waals surface area contributed by atoms with Crippen molar-refractivity contribution in [2.45, 2.75) is 20.0 Å².